The monoisotopic (exact) mass is 373 g/mol. The molecule has 0 aliphatic heterocycles. The summed E-state index contributed by atoms with van der Waals surface area (Å²) in [7, 11) is 0. The average molecular weight is 373 g/mol. The molecule has 3 aromatic rings. The van der Waals surface area contributed by atoms with Crippen LogP contribution in [0, 0.1) is 13.8 Å². The van der Waals surface area contributed by atoms with Crippen molar-refractivity contribution in [3.63, 3.8) is 0 Å². The van der Waals surface area contributed by atoms with Crippen molar-refractivity contribution in [1.82, 2.24) is 5.32 Å². The third-order valence-corrected chi connectivity index (χ3v) is 4.95. The smallest absolute Gasteiger partial charge is 0.227 e. The zero-order valence-corrected chi connectivity index (χ0v) is 16.5. The van der Waals surface area contributed by atoms with Gasteiger partial charge in [0.2, 0.25) is 5.91 Å². The largest absolute Gasteiger partial charge is 0.492 e. The van der Waals surface area contributed by atoms with Crippen LogP contribution in [-0.2, 0) is 11.2 Å². The summed E-state index contributed by atoms with van der Waals surface area (Å²) >= 11 is 0. The van der Waals surface area contributed by atoms with Crippen LogP contribution in [0.2, 0.25) is 0 Å². The Balaban J connectivity index is 1.59. The van der Waals surface area contributed by atoms with Crippen LogP contribution in [0.5, 0.6) is 5.75 Å². The summed E-state index contributed by atoms with van der Waals surface area (Å²) in [5.41, 5.74) is 4.62. The molecule has 0 aromatic heterocycles. The average Bonchev–Trinajstić information content (AvgIpc) is 2.73. The van der Waals surface area contributed by atoms with Crippen molar-refractivity contribution < 1.29 is 9.53 Å². The third kappa shape index (κ3) is 5.46. The Morgan fingerprint density at radius 2 is 1.57 bits per heavy atom. The Bertz CT molecular complexity index is 891. The van der Waals surface area contributed by atoms with Crippen molar-refractivity contribution in [1.29, 1.82) is 0 Å². The van der Waals surface area contributed by atoms with E-state index in [1.807, 2.05) is 60.7 Å². The van der Waals surface area contributed by atoms with Gasteiger partial charge in [-0.05, 0) is 54.7 Å². The van der Waals surface area contributed by atoms with Crippen LogP contribution < -0.4 is 10.1 Å². The van der Waals surface area contributed by atoms with Gasteiger partial charge in [0, 0.05) is 0 Å². The molecule has 0 bridgehead atoms. The lowest BCUT2D eigenvalue weighted by Crippen LogP contribution is -2.33. The van der Waals surface area contributed by atoms with Crippen LogP contribution in [0.4, 0.5) is 0 Å². The lowest BCUT2D eigenvalue weighted by atomic mass is 9.91. The summed E-state index contributed by atoms with van der Waals surface area (Å²) in [5, 5.41) is 3.03. The maximum Gasteiger partial charge on any atom is 0.227 e. The number of aryl methyl sites for hydroxylation is 2. The molecule has 3 rings (SSSR count). The van der Waals surface area contributed by atoms with E-state index in [1.54, 1.807) is 0 Å². The fraction of sp³-hybridized carbons (Fsp3) is 0.240. The molecule has 0 fully saturated rings. The minimum Gasteiger partial charge on any atom is -0.492 e. The second kappa shape index (κ2) is 9.75. The van der Waals surface area contributed by atoms with E-state index in [-0.39, 0.29) is 11.8 Å². The second-order valence-electron chi connectivity index (χ2n) is 7.04. The lowest BCUT2D eigenvalue weighted by molar-refractivity contribution is -0.122. The van der Waals surface area contributed by atoms with Gasteiger partial charge in [-0.2, -0.15) is 0 Å². The number of benzene rings is 3. The number of carbonyl (C=O) groups is 1. The second-order valence-corrected chi connectivity index (χ2v) is 7.04. The number of hydrogen-bond donors (Lipinski definition) is 1. The molecule has 3 nitrogen and oxygen atoms in total. The van der Waals surface area contributed by atoms with Crippen LogP contribution in [-0.4, -0.2) is 19.1 Å². The van der Waals surface area contributed by atoms with Crippen LogP contribution in [0.3, 0.4) is 0 Å². The molecule has 0 radical (unpaired) electrons. The van der Waals surface area contributed by atoms with E-state index in [9.17, 15) is 4.79 Å². The van der Waals surface area contributed by atoms with Gasteiger partial charge in [-0.25, -0.2) is 0 Å². The molecule has 0 heterocycles. The first-order valence-electron chi connectivity index (χ1n) is 9.70. The van der Waals surface area contributed by atoms with Gasteiger partial charge in [-0.1, -0.05) is 66.7 Å². The summed E-state index contributed by atoms with van der Waals surface area (Å²) in [6.45, 7) is 5.07. The molecule has 1 N–H and O–H groups in total. The lowest BCUT2D eigenvalue weighted by Gasteiger charge is -2.18. The van der Waals surface area contributed by atoms with Crippen molar-refractivity contribution in [2.45, 2.75) is 26.2 Å². The first kappa shape index (κ1) is 19.7. The van der Waals surface area contributed by atoms with Gasteiger partial charge in [0.25, 0.3) is 0 Å². The Hall–Kier alpha value is -3.07. The summed E-state index contributed by atoms with van der Waals surface area (Å²) < 4.78 is 5.78. The zero-order chi connectivity index (χ0) is 19.8. The minimum atomic E-state index is -0.217. The van der Waals surface area contributed by atoms with Crippen molar-refractivity contribution in [2.24, 2.45) is 0 Å². The van der Waals surface area contributed by atoms with E-state index in [2.05, 4.69) is 37.4 Å². The molecule has 144 valence electrons. The van der Waals surface area contributed by atoms with Gasteiger partial charge in [-0.3, -0.25) is 4.79 Å². The predicted octanol–water partition coefficient (Wildman–Crippen LogP) is 4.82. The van der Waals surface area contributed by atoms with Crippen LogP contribution in [0.25, 0.3) is 0 Å². The van der Waals surface area contributed by atoms with Gasteiger partial charge >= 0.3 is 0 Å². The fourth-order valence-corrected chi connectivity index (χ4v) is 3.17. The van der Waals surface area contributed by atoms with E-state index in [0.29, 0.717) is 19.6 Å². The number of amides is 1. The fourth-order valence-electron chi connectivity index (χ4n) is 3.17. The van der Waals surface area contributed by atoms with Crippen molar-refractivity contribution >= 4 is 5.91 Å². The highest BCUT2D eigenvalue weighted by atomic mass is 16.5. The molecule has 0 saturated carbocycles. The molecule has 28 heavy (non-hydrogen) atoms. The Morgan fingerprint density at radius 1 is 0.893 bits per heavy atom. The van der Waals surface area contributed by atoms with Crippen LogP contribution >= 0.6 is 0 Å². The summed E-state index contributed by atoms with van der Waals surface area (Å²) in [6, 6.07) is 26.1. The van der Waals surface area contributed by atoms with Gasteiger partial charge < -0.3 is 10.1 Å². The Morgan fingerprint density at radius 3 is 2.25 bits per heavy atom. The van der Waals surface area contributed by atoms with Crippen LogP contribution in [0.15, 0.2) is 78.9 Å². The van der Waals surface area contributed by atoms with Gasteiger partial charge in [0.15, 0.2) is 0 Å². The number of carbonyl (C=O) groups excluding carboxylic acids is 1. The number of rotatable bonds is 8. The van der Waals surface area contributed by atoms with Crippen molar-refractivity contribution in [2.75, 3.05) is 13.2 Å². The standard InChI is InChI=1S/C25H27NO2/c1-19-13-14-23(17-20(19)2)28-16-15-26-25(27)24(22-11-7-4-8-12-22)18-21-9-5-3-6-10-21/h3-14,17,24H,15-16,18H2,1-2H3,(H,26,27)/t24-/m1/s1. The zero-order valence-electron chi connectivity index (χ0n) is 16.5. The van der Waals surface area contributed by atoms with Gasteiger partial charge in [0.1, 0.15) is 12.4 Å². The van der Waals surface area contributed by atoms with Crippen LogP contribution in [0.1, 0.15) is 28.2 Å². The van der Waals surface area contributed by atoms with Gasteiger partial charge in [0.05, 0.1) is 12.5 Å². The highest BCUT2D eigenvalue weighted by molar-refractivity contribution is 5.84. The number of ether oxygens (including phenoxy) is 1. The van der Waals surface area contributed by atoms with Gasteiger partial charge in [-0.15, -0.1) is 0 Å². The number of hydrogen-bond acceptors (Lipinski definition) is 2. The highest BCUT2D eigenvalue weighted by Gasteiger charge is 2.20. The van der Waals surface area contributed by atoms with E-state index in [0.717, 1.165) is 16.9 Å². The predicted molar refractivity (Wildman–Crippen MR) is 114 cm³/mol. The maximum absolute atomic E-state index is 12.9. The molecule has 0 unspecified atom stereocenters. The van der Waals surface area contributed by atoms with E-state index >= 15 is 0 Å². The minimum absolute atomic E-state index is 0.0266. The maximum atomic E-state index is 12.9. The molecule has 0 saturated heterocycles. The molecule has 0 aliphatic rings. The summed E-state index contributed by atoms with van der Waals surface area (Å²) in [5.74, 6) is 0.644. The topological polar surface area (TPSA) is 38.3 Å². The summed E-state index contributed by atoms with van der Waals surface area (Å²) in [6.07, 6.45) is 0.675. The highest BCUT2D eigenvalue weighted by Crippen LogP contribution is 2.21. The SMILES string of the molecule is Cc1ccc(OCCNC(=O)[C@H](Cc2ccccc2)c2ccccc2)cc1C. The third-order valence-electron chi connectivity index (χ3n) is 4.95. The Kier molecular flexibility index (Phi) is 6.85. The molecular weight excluding hydrogens is 346 g/mol. The molecular formula is C25H27NO2. The molecule has 1 amide bonds. The van der Waals surface area contributed by atoms with Crippen molar-refractivity contribution in [3.05, 3.63) is 101 Å². The number of nitrogens with one attached hydrogen (secondary N) is 1. The molecule has 0 aliphatic carbocycles. The quantitative estimate of drug-likeness (QED) is 0.575. The molecule has 3 aromatic carbocycles. The molecule has 1 atom stereocenters. The van der Waals surface area contributed by atoms with E-state index < -0.39 is 0 Å². The first-order valence-corrected chi connectivity index (χ1v) is 9.70. The Labute approximate surface area is 167 Å². The first-order chi connectivity index (χ1) is 13.6. The van der Waals surface area contributed by atoms with Crippen molar-refractivity contribution in [3.8, 4) is 5.75 Å². The molecule has 3 heteroatoms. The van der Waals surface area contributed by atoms with E-state index in [1.165, 1.54) is 11.1 Å². The summed E-state index contributed by atoms with van der Waals surface area (Å²) in [4.78, 5) is 12.9. The normalized spacial score (nSPS) is 11.6. The molecule has 0 spiro atoms. The van der Waals surface area contributed by atoms with E-state index in [4.69, 9.17) is 4.74 Å².